The van der Waals surface area contributed by atoms with Gasteiger partial charge in [0.25, 0.3) is 0 Å². The second kappa shape index (κ2) is 2.52. The Kier molecular flexibility index (Phi) is 1.50. The van der Waals surface area contributed by atoms with Crippen LogP contribution in [0, 0.1) is 6.92 Å². The van der Waals surface area contributed by atoms with E-state index >= 15 is 0 Å². The number of aromatic nitrogens is 2. The van der Waals surface area contributed by atoms with E-state index in [1.165, 1.54) is 10.9 Å². The molecule has 3 heteroatoms. The molecule has 0 amide bonds. The summed E-state index contributed by atoms with van der Waals surface area (Å²) in [5.74, 6) is 0. The molecule has 2 aromatic heterocycles. The molecular formula is C9H11N2O+. The number of nitrogens with zero attached hydrogens (tertiary/aromatic N) is 1. The van der Waals surface area contributed by atoms with E-state index in [1.54, 1.807) is 11.8 Å². The van der Waals surface area contributed by atoms with Crippen molar-refractivity contribution in [3.8, 4) is 0 Å². The zero-order valence-electron chi connectivity index (χ0n) is 7.16. The van der Waals surface area contributed by atoms with Gasteiger partial charge in [0.2, 0.25) is 0 Å². The minimum Gasteiger partial charge on any atom is -0.339 e. The van der Waals surface area contributed by atoms with E-state index in [-0.39, 0.29) is 0 Å². The van der Waals surface area contributed by atoms with Gasteiger partial charge in [-0.05, 0) is 23.8 Å². The number of fused-ring (bicyclic) bond motifs is 1. The first-order valence-corrected chi connectivity index (χ1v) is 3.86. The summed E-state index contributed by atoms with van der Waals surface area (Å²) in [6, 6.07) is 4.03. The average molecular weight is 163 g/mol. The highest BCUT2D eigenvalue weighted by atomic mass is 16.6. The van der Waals surface area contributed by atoms with Crippen molar-refractivity contribution in [2.45, 2.75) is 6.92 Å². The molecule has 0 radical (unpaired) electrons. The number of hydrogen-bond donors (Lipinski definition) is 1. The van der Waals surface area contributed by atoms with Crippen LogP contribution in [0.2, 0.25) is 0 Å². The molecule has 0 fully saturated rings. The highest BCUT2D eigenvalue weighted by Gasteiger charge is 2.09. The fraction of sp³-hybridized carbons (Fsp3) is 0.222. The maximum absolute atomic E-state index is 5.13. The molecule has 0 spiro atoms. The van der Waals surface area contributed by atoms with E-state index in [0.717, 1.165) is 5.65 Å². The number of hydrogen-bond acceptors (Lipinski definition) is 1. The van der Waals surface area contributed by atoms with E-state index in [0.29, 0.717) is 0 Å². The molecule has 0 saturated heterocycles. The van der Waals surface area contributed by atoms with Gasteiger partial charge in [-0.15, -0.1) is 0 Å². The van der Waals surface area contributed by atoms with Crippen LogP contribution < -0.4 is 9.57 Å². The van der Waals surface area contributed by atoms with Crippen molar-refractivity contribution in [3.63, 3.8) is 0 Å². The number of nitrogens with one attached hydrogen (secondary N) is 1. The van der Waals surface area contributed by atoms with Crippen molar-refractivity contribution in [1.82, 2.24) is 4.98 Å². The van der Waals surface area contributed by atoms with Crippen molar-refractivity contribution in [2.75, 3.05) is 7.11 Å². The molecular weight excluding hydrogens is 152 g/mol. The normalized spacial score (nSPS) is 10.5. The number of aryl methyl sites for hydroxylation is 1. The Balaban J connectivity index is 2.81. The third-order valence-corrected chi connectivity index (χ3v) is 2.01. The standard InChI is InChI=1S/C9H10N2O/c1-7-6-10-9-8(7)4-3-5-11(9)12-2/h3-6H,1-2H3/p+1. The molecule has 0 atom stereocenters. The fourth-order valence-corrected chi connectivity index (χ4v) is 1.36. The van der Waals surface area contributed by atoms with Gasteiger partial charge in [-0.25, -0.2) is 4.98 Å². The highest BCUT2D eigenvalue weighted by molar-refractivity contribution is 5.76. The maximum Gasteiger partial charge on any atom is 0.326 e. The van der Waals surface area contributed by atoms with Gasteiger partial charge < -0.3 is 4.84 Å². The highest BCUT2D eigenvalue weighted by Crippen LogP contribution is 2.11. The summed E-state index contributed by atoms with van der Waals surface area (Å²) < 4.78 is 1.71. The van der Waals surface area contributed by atoms with E-state index in [2.05, 4.69) is 18.0 Å². The molecule has 3 nitrogen and oxygen atoms in total. The third-order valence-electron chi connectivity index (χ3n) is 2.01. The summed E-state index contributed by atoms with van der Waals surface area (Å²) in [5.41, 5.74) is 2.23. The molecule has 12 heavy (non-hydrogen) atoms. The minimum atomic E-state index is 0.998. The predicted octanol–water partition coefficient (Wildman–Crippen LogP) is 0.822. The van der Waals surface area contributed by atoms with E-state index in [1.807, 2.05) is 18.5 Å². The van der Waals surface area contributed by atoms with Crippen LogP contribution >= 0.6 is 0 Å². The Bertz CT molecular complexity index is 406. The van der Waals surface area contributed by atoms with Gasteiger partial charge in [0, 0.05) is 5.56 Å². The molecule has 0 unspecified atom stereocenters. The molecule has 0 aliphatic rings. The molecule has 0 saturated carbocycles. The van der Waals surface area contributed by atoms with Crippen molar-refractivity contribution in [3.05, 3.63) is 30.1 Å². The molecule has 1 N–H and O–H groups in total. The SMILES string of the molecule is CO[n+]1cccc2c(C)c[nH]c21. The van der Waals surface area contributed by atoms with Crippen molar-refractivity contribution in [1.29, 1.82) is 0 Å². The number of pyridine rings is 1. The molecule has 0 aliphatic carbocycles. The first-order valence-electron chi connectivity index (χ1n) is 3.86. The monoisotopic (exact) mass is 163 g/mol. The second-order valence-corrected chi connectivity index (χ2v) is 2.75. The first kappa shape index (κ1) is 7.16. The van der Waals surface area contributed by atoms with Crippen LogP contribution in [0.5, 0.6) is 0 Å². The summed E-state index contributed by atoms with van der Waals surface area (Å²) in [7, 11) is 1.65. The van der Waals surface area contributed by atoms with Crippen molar-refractivity contribution < 1.29 is 9.57 Å². The van der Waals surface area contributed by atoms with Gasteiger partial charge in [0.15, 0.2) is 0 Å². The minimum absolute atomic E-state index is 0.998. The van der Waals surface area contributed by atoms with Crippen molar-refractivity contribution >= 4 is 11.0 Å². The van der Waals surface area contributed by atoms with Crippen LogP contribution in [0.25, 0.3) is 11.0 Å². The fourth-order valence-electron chi connectivity index (χ4n) is 1.36. The molecule has 2 rings (SSSR count). The van der Waals surface area contributed by atoms with Crippen LogP contribution in [0.4, 0.5) is 0 Å². The Morgan fingerprint density at radius 3 is 3.08 bits per heavy atom. The summed E-state index contributed by atoms with van der Waals surface area (Å²) in [5, 5.41) is 1.19. The first-order chi connectivity index (χ1) is 5.83. The number of aromatic amines is 1. The summed E-state index contributed by atoms with van der Waals surface area (Å²) in [6.45, 7) is 2.07. The molecule has 0 aromatic carbocycles. The van der Waals surface area contributed by atoms with Crippen LogP contribution in [-0.2, 0) is 0 Å². The quantitative estimate of drug-likeness (QED) is 0.619. The lowest BCUT2D eigenvalue weighted by Crippen LogP contribution is -2.40. The zero-order valence-corrected chi connectivity index (χ0v) is 7.16. The second-order valence-electron chi connectivity index (χ2n) is 2.75. The van der Waals surface area contributed by atoms with Gasteiger partial charge in [-0.3, -0.25) is 0 Å². The lowest BCUT2D eigenvalue weighted by molar-refractivity contribution is -0.866. The number of rotatable bonds is 1. The van der Waals surface area contributed by atoms with Crippen LogP contribution in [0.3, 0.4) is 0 Å². The summed E-state index contributed by atoms with van der Waals surface area (Å²) >= 11 is 0. The van der Waals surface area contributed by atoms with Gasteiger partial charge in [-0.2, -0.15) is 0 Å². The molecule has 2 heterocycles. The van der Waals surface area contributed by atoms with Crippen LogP contribution in [0.1, 0.15) is 5.56 Å². The maximum atomic E-state index is 5.13. The summed E-state index contributed by atoms with van der Waals surface area (Å²) in [4.78, 5) is 8.27. The van der Waals surface area contributed by atoms with Gasteiger partial charge in [-0.1, -0.05) is 0 Å². The lowest BCUT2D eigenvalue weighted by Gasteiger charge is -1.95. The third kappa shape index (κ3) is 0.863. The Morgan fingerprint density at radius 1 is 1.50 bits per heavy atom. The van der Waals surface area contributed by atoms with Gasteiger partial charge >= 0.3 is 5.65 Å². The molecule has 0 bridgehead atoms. The molecule has 0 aliphatic heterocycles. The Labute approximate surface area is 70.5 Å². The van der Waals surface area contributed by atoms with Crippen LogP contribution in [-0.4, -0.2) is 12.1 Å². The van der Waals surface area contributed by atoms with E-state index < -0.39 is 0 Å². The molecule has 62 valence electrons. The van der Waals surface area contributed by atoms with Crippen LogP contribution in [0.15, 0.2) is 24.5 Å². The van der Waals surface area contributed by atoms with Gasteiger partial charge in [0.1, 0.15) is 13.3 Å². The zero-order chi connectivity index (χ0) is 8.55. The topological polar surface area (TPSA) is 28.9 Å². The predicted molar refractivity (Wildman–Crippen MR) is 45.7 cm³/mol. The van der Waals surface area contributed by atoms with E-state index in [9.17, 15) is 0 Å². The largest absolute Gasteiger partial charge is 0.339 e. The average Bonchev–Trinajstić information content (AvgIpc) is 2.48. The van der Waals surface area contributed by atoms with E-state index in [4.69, 9.17) is 4.84 Å². The number of H-pyrrole nitrogens is 1. The van der Waals surface area contributed by atoms with Gasteiger partial charge in [0.05, 0.1) is 11.6 Å². The smallest absolute Gasteiger partial charge is 0.326 e. The Morgan fingerprint density at radius 2 is 2.33 bits per heavy atom. The van der Waals surface area contributed by atoms with Crippen molar-refractivity contribution in [2.24, 2.45) is 0 Å². The summed E-state index contributed by atoms with van der Waals surface area (Å²) in [6.07, 6.45) is 3.85. The lowest BCUT2D eigenvalue weighted by atomic mass is 10.2. The Hall–Kier alpha value is -1.51. The molecule has 2 aromatic rings.